The molecule has 0 aliphatic rings. The quantitative estimate of drug-likeness (QED) is 0.0644. The topological polar surface area (TPSA) is 126 Å². The van der Waals surface area contributed by atoms with E-state index in [2.05, 4.69) is 21.2 Å². The molecule has 9 nitrogen and oxygen atoms in total. The van der Waals surface area contributed by atoms with E-state index in [1.54, 1.807) is 42.5 Å². The molecule has 0 saturated heterocycles. The van der Waals surface area contributed by atoms with Crippen molar-refractivity contribution in [3.05, 3.63) is 124 Å². The van der Waals surface area contributed by atoms with E-state index >= 15 is 0 Å². The Morgan fingerprint density at radius 1 is 0.837 bits per heavy atom. The molecular formula is C32H23ClN4O5S. The number of hydrogen-bond acceptors (Lipinski definition) is 7. The van der Waals surface area contributed by atoms with Crippen LogP contribution in [0.5, 0.6) is 5.75 Å². The second kappa shape index (κ2) is 13.1. The summed E-state index contributed by atoms with van der Waals surface area (Å²) in [4.78, 5) is 51.1. The van der Waals surface area contributed by atoms with Crippen LogP contribution in [-0.4, -0.2) is 29.9 Å². The van der Waals surface area contributed by atoms with E-state index in [4.69, 9.17) is 16.3 Å². The number of hydrazone groups is 1. The largest absolute Gasteiger partial charge is 0.422 e. The maximum atomic E-state index is 12.9. The van der Waals surface area contributed by atoms with Crippen molar-refractivity contribution in [1.29, 1.82) is 0 Å². The van der Waals surface area contributed by atoms with Gasteiger partial charge in [-0.05, 0) is 55.0 Å². The van der Waals surface area contributed by atoms with Crippen LogP contribution in [-0.2, 0) is 9.59 Å². The van der Waals surface area contributed by atoms with E-state index in [0.717, 1.165) is 15.6 Å². The van der Waals surface area contributed by atoms with Crippen LogP contribution in [0.3, 0.4) is 0 Å². The summed E-state index contributed by atoms with van der Waals surface area (Å²) in [5.74, 6) is -3.02. The van der Waals surface area contributed by atoms with E-state index in [1.807, 2.05) is 49.4 Å². The van der Waals surface area contributed by atoms with Gasteiger partial charge in [-0.1, -0.05) is 66.2 Å². The summed E-state index contributed by atoms with van der Waals surface area (Å²) in [6, 6.07) is 27.5. The first-order chi connectivity index (χ1) is 20.8. The fourth-order valence-electron chi connectivity index (χ4n) is 4.07. The van der Waals surface area contributed by atoms with Gasteiger partial charge in [0.25, 0.3) is 5.91 Å². The molecule has 0 atom stereocenters. The number of thiophene rings is 1. The molecule has 0 radical (unpaired) electrons. The molecule has 214 valence electrons. The van der Waals surface area contributed by atoms with Gasteiger partial charge in [0.05, 0.1) is 22.5 Å². The lowest BCUT2D eigenvalue weighted by molar-refractivity contribution is -0.136. The summed E-state index contributed by atoms with van der Waals surface area (Å²) in [6.07, 6.45) is 1.24. The molecule has 11 heteroatoms. The smallest absolute Gasteiger partial charge is 0.355 e. The lowest BCUT2D eigenvalue weighted by Gasteiger charge is -2.11. The number of halogens is 1. The number of hydrogen-bond donors (Lipinski definition) is 3. The number of aryl methyl sites for hydroxylation is 1. The van der Waals surface area contributed by atoms with Crippen molar-refractivity contribution >= 4 is 74.3 Å². The second-order valence-electron chi connectivity index (χ2n) is 9.19. The fraction of sp³-hybridized carbons (Fsp3) is 0.0312. The molecule has 3 amide bonds. The minimum Gasteiger partial charge on any atom is -0.422 e. The molecule has 0 fully saturated rings. The Morgan fingerprint density at radius 2 is 1.58 bits per heavy atom. The van der Waals surface area contributed by atoms with Crippen LogP contribution in [0.1, 0.15) is 31.2 Å². The van der Waals surface area contributed by atoms with Crippen LogP contribution in [0, 0.1) is 6.92 Å². The average molecular weight is 611 g/mol. The number of amides is 3. The molecule has 0 saturated carbocycles. The molecule has 43 heavy (non-hydrogen) atoms. The molecule has 5 aromatic rings. The monoisotopic (exact) mass is 610 g/mol. The number of ether oxygens (including phenoxy) is 1. The molecule has 0 bridgehead atoms. The molecule has 0 spiro atoms. The fourth-order valence-corrected chi connectivity index (χ4v) is 5.46. The Kier molecular flexibility index (Phi) is 8.90. The van der Waals surface area contributed by atoms with E-state index in [1.165, 1.54) is 29.7 Å². The summed E-state index contributed by atoms with van der Waals surface area (Å²) in [6.45, 7) is 1.90. The lowest BCUT2D eigenvalue weighted by atomic mass is 10.1. The molecule has 0 aliphatic carbocycles. The SMILES string of the molecule is Cc1cccc(NC(=O)c2ccccc2NC(=O)C(=O)NN=Cc2ccccc2OC(=O)c2sc3ccccc3c2Cl)c1. The second-order valence-corrected chi connectivity index (χ2v) is 10.6. The van der Waals surface area contributed by atoms with Gasteiger partial charge in [-0.15, -0.1) is 11.3 Å². The highest BCUT2D eigenvalue weighted by Gasteiger charge is 2.20. The average Bonchev–Trinajstić information content (AvgIpc) is 3.34. The van der Waals surface area contributed by atoms with Crippen molar-refractivity contribution in [3.8, 4) is 5.75 Å². The van der Waals surface area contributed by atoms with Crippen LogP contribution in [0.2, 0.25) is 5.02 Å². The third-order valence-electron chi connectivity index (χ3n) is 6.11. The first kappa shape index (κ1) is 29.2. The molecule has 1 heterocycles. The molecular weight excluding hydrogens is 588 g/mol. The normalized spacial score (nSPS) is 10.8. The number of carbonyl (C=O) groups excluding carboxylic acids is 4. The summed E-state index contributed by atoms with van der Waals surface area (Å²) < 4.78 is 6.43. The maximum absolute atomic E-state index is 12.9. The van der Waals surface area contributed by atoms with Crippen molar-refractivity contribution in [2.24, 2.45) is 5.10 Å². The number of rotatable bonds is 7. The zero-order chi connectivity index (χ0) is 30.3. The third-order valence-corrected chi connectivity index (χ3v) is 7.77. The lowest BCUT2D eigenvalue weighted by Crippen LogP contribution is -2.33. The minimum absolute atomic E-state index is 0.147. The van der Waals surface area contributed by atoms with Crippen molar-refractivity contribution in [2.45, 2.75) is 6.92 Å². The third kappa shape index (κ3) is 6.95. The predicted octanol–water partition coefficient (Wildman–Crippen LogP) is 6.42. The first-order valence-electron chi connectivity index (χ1n) is 12.9. The molecule has 1 aromatic heterocycles. The zero-order valence-electron chi connectivity index (χ0n) is 22.6. The van der Waals surface area contributed by atoms with Crippen LogP contribution in [0.25, 0.3) is 10.1 Å². The van der Waals surface area contributed by atoms with E-state index in [-0.39, 0.29) is 21.9 Å². The van der Waals surface area contributed by atoms with Gasteiger partial charge in [-0.2, -0.15) is 5.10 Å². The molecule has 4 aromatic carbocycles. The Labute approximate surface area is 255 Å². The van der Waals surface area contributed by atoms with Gasteiger partial charge < -0.3 is 15.4 Å². The van der Waals surface area contributed by atoms with Gasteiger partial charge in [0.1, 0.15) is 10.6 Å². The number of esters is 1. The molecule has 0 unspecified atom stereocenters. The highest BCUT2D eigenvalue weighted by Crippen LogP contribution is 2.36. The number of carbonyl (C=O) groups is 4. The number of benzene rings is 4. The molecule has 0 aliphatic heterocycles. The van der Waals surface area contributed by atoms with Crippen LogP contribution < -0.4 is 20.8 Å². The van der Waals surface area contributed by atoms with Crippen molar-refractivity contribution in [3.63, 3.8) is 0 Å². The van der Waals surface area contributed by atoms with Gasteiger partial charge in [0.2, 0.25) is 0 Å². The zero-order valence-corrected chi connectivity index (χ0v) is 24.2. The summed E-state index contributed by atoms with van der Waals surface area (Å²) >= 11 is 7.63. The Balaban J connectivity index is 1.22. The van der Waals surface area contributed by atoms with Crippen LogP contribution in [0.15, 0.2) is 102 Å². The molecule has 3 N–H and O–H groups in total. The van der Waals surface area contributed by atoms with E-state index in [0.29, 0.717) is 16.3 Å². The number of nitrogens with zero attached hydrogens (tertiary/aromatic N) is 1. The number of nitrogens with one attached hydrogen (secondary N) is 3. The van der Waals surface area contributed by atoms with Crippen molar-refractivity contribution < 1.29 is 23.9 Å². The minimum atomic E-state index is -1.07. The van der Waals surface area contributed by atoms with Crippen LogP contribution >= 0.6 is 22.9 Å². The Hall–Kier alpha value is -5.32. The van der Waals surface area contributed by atoms with Gasteiger partial charge in [0.15, 0.2) is 0 Å². The maximum Gasteiger partial charge on any atom is 0.355 e. The van der Waals surface area contributed by atoms with Gasteiger partial charge in [-0.25, -0.2) is 10.2 Å². The standard InChI is InChI=1S/C32H23ClN4O5S/c1-19-9-8-11-21(17-19)35-29(38)22-12-3-5-14-24(22)36-30(39)31(40)37-34-18-20-10-2-6-15-25(20)42-32(41)28-27(33)23-13-4-7-16-26(23)43-28/h2-18H,1H3,(H,35,38)(H,36,39)(H,37,40). The molecule has 5 rings (SSSR count). The summed E-state index contributed by atoms with van der Waals surface area (Å²) in [5.41, 5.74) is 4.39. The number of fused-ring (bicyclic) bond motifs is 1. The van der Waals surface area contributed by atoms with Gasteiger partial charge >= 0.3 is 17.8 Å². The van der Waals surface area contributed by atoms with Crippen molar-refractivity contribution in [2.75, 3.05) is 10.6 Å². The Bertz CT molecular complexity index is 1900. The predicted molar refractivity (Wildman–Crippen MR) is 168 cm³/mol. The van der Waals surface area contributed by atoms with E-state index < -0.39 is 23.7 Å². The highest BCUT2D eigenvalue weighted by atomic mass is 35.5. The Morgan fingerprint density at radius 3 is 2.40 bits per heavy atom. The number of para-hydroxylation sites is 2. The van der Waals surface area contributed by atoms with Crippen molar-refractivity contribution in [1.82, 2.24) is 5.43 Å². The van der Waals surface area contributed by atoms with E-state index in [9.17, 15) is 19.2 Å². The first-order valence-corrected chi connectivity index (χ1v) is 14.1. The van der Waals surface area contributed by atoms with Crippen LogP contribution in [0.4, 0.5) is 11.4 Å². The summed E-state index contributed by atoms with van der Waals surface area (Å²) in [7, 11) is 0. The van der Waals surface area contributed by atoms with Gasteiger partial charge in [0, 0.05) is 21.3 Å². The van der Waals surface area contributed by atoms with Gasteiger partial charge in [-0.3, -0.25) is 14.4 Å². The highest BCUT2D eigenvalue weighted by molar-refractivity contribution is 7.21. The number of anilines is 2. The summed E-state index contributed by atoms with van der Waals surface area (Å²) in [5, 5.41) is 10.1.